The second kappa shape index (κ2) is 8.68. The van der Waals surface area contributed by atoms with Gasteiger partial charge < -0.3 is 25.4 Å². The van der Waals surface area contributed by atoms with Crippen molar-refractivity contribution in [3.63, 3.8) is 0 Å². The Labute approximate surface area is 172 Å². The molecular weight excluding hydrogens is 382 g/mol. The van der Waals surface area contributed by atoms with Crippen LogP contribution < -0.4 is 20.7 Å². The van der Waals surface area contributed by atoms with Crippen LogP contribution in [-0.4, -0.2) is 44.7 Å². The van der Waals surface area contributed by atoms with Gasteiger partial charge in [0.25, 0.3) is 0 Å². The molecule has 7 nitrogen and oxygen atoms in total. The summed E-state index contributed by atoms with van der Waals surface area (Å²) in [5.41, 5.74) is 6.14. The van der Waals surface area contributed by atoms with Crippen LogP contribution in [0.4, 0.5) is 11.4 Å². The first-order valence-electron chi connectivity index (χ1n) is 9.45. The highest BCUT2D eigenvalue weighted by Gasteiger charge is 2.39. The molecule has 0 radical (unpaired) electrons. The van der Waals surface area contributed by atoms with Gasteiger partial charge in [-0.05, 0) is 31.0 Å². The molecule has 0 atom stereocenters. The van der Waals surface area contributed by atoms with Crippen molar-refractivity contribution in [2.24, 2.45) is 16.6 Å². The first-order valence-corrected chi connectivity index (χ1v) is 9.45. The number of nitrogens with one attached hydrogen (secondary N) is 1. The number of nitrogens with two attached hydrogens (primary N) is 1. The van der Waals surface area contributed by atoms with Crippen molar-refractivity contribution in [2.75, 3.05) is 43.1 Å². The summed E-state index contributed by atoms with van der Waals surface area (Å²) in [6, 6.07) is 5.40. The average Bonchev–Trinajstić information content (AvgIpc) is 2.66. The number of benzene rings is 1. The molecule has 0 unspecified atom stereocenters. The van der Waals surface area contributed by atoms with Crippen LogP contribution in [0.3, 0.4) is 0 Å². The number of nitrogens with zero attached hydrogens (tertiary/aromatic N) is 1. The van der Waals surface area contributed by atoms with Gasteiger partial charge in [-0.1, -0.05) is 20.8 Å². The fourth-order valence-corrected chi connectivity index (χ4v) is 3.46. The van der Waals surface area contributed by atoms with E-state index in [9.17, 15) is 9.59 Å². The van der Waals surface area contributed by atoms with Crippen LogP contribution >= 0.6 is 12.4 Å². The number of amides is 2. The van der Waals surface area contributed by atoms with Crippen LogP contribution in [0.1, 0.15) is 33.6 Å². The molecule has 2 amide bonds. The number of hydrogen-bond donors (Lipinski definition) is 2. The van der Waals surface area contributed by atoms with E-state index in [4.69, 9.17) is 15.2 Å². The zero-order chi connectivity index (χ0) is 19.7. The third kappa shape index (κ3) is 4.42. The van der Waals surface area contributed by atoms with E-state index in [1.165, 1.54) is 0 Å². The lowest BCUT2D eigenvalue weighted by atomic mass is 9.79. The van der Waals surface area contributed by atoms with Gasteiger partial charge in [-0.25, -0.2) is 0 Å². The van der Waals surface area contributed by atoms with Crippen molar-refractivity contribution in [3.8, 4) is 5.75 Å². The normalized spacial score (nSPS) is 18.4. The summed E-state index contributed by atoms with van der Waals surface area (Å²) in [6.07, 6.45) is 1.22. The molecule has 1 aromatic rings. The van der Waals surface area contributed by atoms with Crippen LogP contribution in [0, 0.1) is 10.8 Å². The zero-order valence-corrected chi connectivity index (χ0v) is 17.6. The average molecular weight is 412 g/mol. The van der Waals surface area contributed by atoms with E-state index in [-0.39, 0.29) is 30.8 Å². The molecule has 0 aliphatic carbocycles. The largest absolute Gasteiger partial charge is 0.490 e. The van der Waals surface area contributed by atoms with Crippen molar-refractivity contribution < 1.29 is 19.1 Å². The molecular formula is C20H30ClN3O4. The van der Waals surface area contributed by atoms with Crippen molar-refractivity contribution in [2.45, 2.75) is 33.6 Å². The maximum Gasteiger partial charge on any atom is 0.232 e. The Morgan fingerprint density at radius 2 is 1.89 bits per heavy atom. The van der Waals surface area contributed by atoms with E-state index < -0.39 is 10.8 Å². The third-order valence-electron chi connectivity index (χ3n) is 5.29. The smallest absolute Gasteiger partial charge is 0.232 e. The van der Waals surface area contributed by atoms with E-state index >= 15 is 0 Å². The number of hydrogen-bond acceptors (Lipinski definition) is 5. The maximum atomic E-state index is 12.9. The molecule has 2 aliphatic heterocycles. The summed E-state index contributed by atoms with van der Waals surface area (Å²) in [4.78, 5) is 27.5. The molecule has 1 saturated heterocycles. The predicted molar refractivity (Wildman–Crippen MR) is 111 cm³/mol. The lowest BCUT2D eigenvalue weighted by Crippen LogP contribution is -2.46. The van der Waals surface area contributed by atoms with Gasteiger partial charge in [0, 0.05) is 30.9 Å². The molecule has 3 N–H and O–H groups in total. The van der Waals surface area contributed by atoms with Gasteiger partial charge in [0.05, 0.1) is 17.6 Å². The molecule has 2 heterocycles. The minimum atomic E-state index is -0.606. The van der Waals surface area contributed by atoms with Crippen molar-refractivity contribution in [1.82, 2.24) is 0 Å². The summed E-state index contributed by atoms with van der Waals surface area (Å²) in [7, 11) is 0. The summed E-state index contributed by atoms with van der Waals surface area (Å²) in [5.74, 6) is 0.577. The third-order valence-corrected chi connectivity index (χ3v) is 5.29. The Morgan fingerprint density at radius 1 is 1.21 bits per heavy atom. The highest BCUT2D eigenvalue weighted by atomic mass is 35.5. The van der Waals surface area contributed by atoms with Crippen LogP contribution in [0.25, 0.3) is 0 Å². The number of fused-ring (bicyclic) bond motifs is 1. The molecule has 0 saturated carbocycles. The fourth-order valence-electron chi connectivity index (χ4n) is 3.46. The van der Waals surface area contributed by atoms with Gasteiger partial charge in [0.15, 0.2) is 0 Å². The minimum absolute atomic E-state index is 0. The fraction of sp³-hybridized carbons (Fsp3) is 0.600. The van der Waals surface area contributed by atoms with Crippen molar-refractivity contribution in [3.05, 3.63) is 18.2 Å². The standard InChI is InChI=1S/C20H29N3O4.ClH/c1-19(2,3)18(25)23-8-11-27-16-5-4-14(12-15(16)23)22-17(24)20(13-21)6-9-26-10-7-20;/h4-5,12H,6-11,13,21H2,1-3H3,(H,22,24);1H. The number of ether oxygens (including phenoxy) is 2. The number of carbonyl (C=O) groups is 2. The van der Waals surface area contributed by atoms with Crippen molar-refractivity contribution >= 4 is 35.6 Å². The van der Waals surface area contributed by atoms with Crippen LogP contribution in [0.15, 0.2) is 18.2 Å². The Kier molecular flexibility index (Phi) is 6.96. The number of rotatable bonds is 3. The van der Waals surface area contributed by atoms with Gasteiger partial charge in [0.2, 0.25) is 11.8 Å². The van der Waals surface area contributed by atoms with E-state index in [1.54, 1.807) is 23.1 Å². The van der Waals surface area contributed by atoms with Crippen LogP contribution in [-0.2, 0) is 14.3 Å². The van der Waals surface area contributed by atoms with E-state index in [2.05, 4.69) is 5.32 Å². The monoisotopic (exact) mass is 411 g/mol. The highest BCUT2D eigenvalue weighted by Crippen LogP contribution is 2.37. The highest BCUT2D eigenvalue weighted by molar-refractivity contribution is 6.00. The zero-order valence-electron chi connectivity index (χ0n) is 16.7. The van der Waals surface area contributed by atoms with E-state index in [1.807, 2.05) is 20.8 Å². The number of anilines is 2. The van der Waals surface area contributed by atoms with Crippen molar-refractivity contribution in [1.29, 1.82) is 0 Å². The maximum absolute atomic E-state index is 12.9. The molecule has 3 rings (SSSR count). The molecule has 2 aliphatic rings. The number of halogens is 1. The Morgan fingerprint density at radius 3 is 2.50 bits per heavy atom. The Bertz CT molecular complexity index is 727. The summed E-state index contributed by atoms with van der Waals surface area (Å²) in [6.45, 7) is 7.99. The first-order chi connectivity index (χ1) is 12.8. The molecule has 0 bridgehead atoms. The number of carbonyl (C=O) groups excluding carboxylic acids is 2. The molecule has 28 heavy (non-hydrogen) atoms. The minimum Gasteiger partial charge on any atom is -0.490 e. The second-order valence-electron chi connectivity index (χ2n) is 8.29. The lowest BCUT2D eigenvalue weighted by molar-refractivity contribution is -0.130. The van der Waals surface area contributed by atoms with Crippen LogP contribution in [0.2, 0.25) is 0 Å². The van der Waals surface area contributed by atoms with Gasteiger partial charge in [0.1, 0.15) is 12.4 Å². The quantitative estimate of drug-likeness (QED) is 0.797. The van der Waals surface area contributed by atoms with Gasteiger partial charge in [-0.2, -0.15) is 0 Å². The summed E-state index contributed by atoms with van der Waals surface area (Å²) >= 11 is 0. The summed E-state index contributed by atoms with van der Waals surface area (Å²) in [5, 5.41) is 2.98. The van der Waals surface area contributed by atoms with E-state index in [0.29, 0.717) is 56.3 Å². The SMILES string of the molecule is CC(C)(C)C(=O)N1CCOc2ccc(NC(=O)C3(CN)CCOCC3)cc21.Cl. The summed E-state index contributed by atoms with van der Waals surface area (Å²) < 4.78 is 11.1. The molecule has 8 heteroatoms. The first kappa shape index (κ1) is 22.5. The van der Waals surface area contributed by atoms with Crippen LogP contribution in [0.5, 0.6) is 5.75 Å². The molecule has 156 valence electrons. The van der Waals surface area contributed by atoms with Gasteiger partial charge in [-0.3, -0.25) is 9.59 Å². The molecule has 0 aromatic heterocycles. The Hall–Kier alpha value is -1.83. The van der Waals surface area contributed by atoms with E-state index in [0.717, 1.165) is 0 Å². The van der Waals surface area contributed by atoms with Gasteiger partial charge >= 0.3 is 0 Å². The molecule has 1 aromatic carbocycles. The topological polar surface area (TPSA) is 93.9 Å². The molecule has 1 fully saturated rings. The lowest BCUT2D eigenvalue weighted by Gasteiger charge is -2.35. The molecule has 0 spiro atoms. The van der Waals surface area contributed by atoms with Gasteiger partial charge in [-0.15, -0.1) is 12.4 Å². The predicted octanol–water partition coefficient (Wildman–Crippen LogP) is 2.57. The Balaban J connectivity index is 0.00000280. The second-order valence-corrected chi connectivity index (χ2v) is 8.29.